The van der Waals surface area contributed by atoms with Gasteiger partial charge >= 0.3 is 11.9 Å². The Bertz CT molecular complexity index is 6710. The second-order valence-electron chi connectivity index (χ2n) is 27.3. The number of pyridine rings is 4. The van der Waals surface area contributed by atoms with Crippen LogP contribution >= 0.6 is 10.7 Å². The van der Waals surface area contributed by atoms with E-state index in [-0.39, 0.29) is 25.1 Å². The van der Waals surface area contributed by atoms with Crippen LogP contribution in [0.2, 0.25) is 0 Å². The summed E-state index contributed by atoms with van der Waals surface area (Å²) in [6.45, 7) is 48.2. The van der Waals surface area contributed by atoms with Crippen LogP contribution in [0.15, 0.2) is 189 Å². The monoisotopic (exact) mass is 1620 g/mol. The molecule has 8 aromatic carbocycles. The Labute approximate surface area is 665 Å². The van der Waals surface area contributed by atoms with Crippen LogP contribution in [0, 0.1) is 81.7 Å². The molecule has 580 valence electrons. The van der Waals surface area contributed by atoms with Gasteiger partial charge in [-0.25, -0.2) is 53.1 Å². The number of carbonyl (C=O) groups is 2. The quantitative estimate of drug-likeness (QED) is 0.0333. The van der Waals surface area contributed by atoms with E-state index in [1.165, 1.54) is 68.6 Å². The van der Waals surface area contributed by atoms with Gasteiger partial charge in [-0.2, -0.15) is 0 Å². The number of hydrogen-bond donors (Lipinski definition) is 3. The Hall–Kier alpha value is -12.6. The topological polar surface area (TPSA) is 302 Å². The maximum Gasteiger partial charge on any atom is 0.310 e. The van der Waals surface area contributed by atoms with Gasteiger partial charge in [0.2, 0.25) is 12.4 Å². The Balaban J connectivity index is 0.000000141. The number of aromatic nitrogens is 4. The van der Waals surface area contributed by atoms with Crippen molar-refractivity contribution in [2.45, 2.75) is 115 Å². The number of rotatable bonds is 7. The lowest BCUT2D eigenvalue weighted by molar-refractivity contribution is -0.904. The SMILES string of the molecule is CC(=O)OC(C)=O.Cc1cncc2cccc(S(=O)(=O)Cl)c12.[C-]#[N+]c1cc(C)c2c(c1)N(S(=O)(=O)c1cccc3c(=O)[nH]cc(C)c13)CC2.[C-]#[N+]c1cc(C)c2c(c1)N(S(=O)(=O)c1cccc3c[n+](O)cc(C)c13)CC2.[C-]#[N+]c1cc(C)c2c(c1)N(S(=O)(=O)c1cccc3cncc(C)c13)CC2.[C-]#[N+]c1cc(C)c2c(c1)NCC2. The highest BCUT2D eigenvalue weighted by Crippen LogP contribution is 2.44. The fourth-order valence-corrected chi connectivity index (χ4v) is 21.2. The zero-order valence-electron chi connectivity index (χ0n) is 63.6. The van der Waals surface area contributed by atoms with Gasteiger partial charge in [0, 0.05) is 152 Å². The lowest BCUT2D eigenvalue weighted by Gasteiger charge is -2.21. The van der Waals surface area contributed by atoms with Crippen molar-refractivity contribution < 1.29 is 57.9 Å². The van der Waals surface area contributed by atoms with Crippen LogP contribution in [0.3, 0.4) is 0 Å². The number of esters is 2. The lowest BCUT2D eigenvalue weighted by Crippen LogP contribution is -2.31. The predicted octanol–water partition coefficient (Wildman–Crippen LogP) is 16.0. The summed E-state index contributed by atoms with van der Waals surface area (Å²) in [6, 6.07) is 34.2. The van der Waals surface area contributed by atoms with Crippen LogP contribution in [0.1, 0.15) is 80.6 Å². The van der Waals surface area contributed by atoms with Crippen LogP contribution in [-0.4, -0.2) is 91.9 Å². The smallest absolute Gasteiger partial charge is 0.310 e. The lowest BCUT2D eigenvalue weighted by atomic mass is 10.1. The normalized spacial score (nSPS) is 13.0. The van der Waals surface area contributed by atoms with Crippen LogP contribution in [0.4, 0.5) is 45.5 Å². The number of fused-ring (bicyclic) bond motifs is 8. The molecule has 0 aliphatic carbocycles. The highest BCUT2D eigenvalue weighted by atomic mass is 35.7. The van der Waals surface area contributed by atoms with E-state index in [1.807, 2.05) is 52.0 Å². The van der Waals surface area contributed by atoms with Crippen LogP contribution in [0.5, 0.6) is 0 Å². The number of H-pyrrole nitrogens is 1. The maximum absolute atomic E-state index is 13.5. The average Bonchev–Trinajstić information content (AvgIpc) is 1.48. The largest absolute Gasteiger partial charge is 0.394 e. The molecule has 0 saturated carbocycles. The van der Waals surface area contributed by atoms with Gasteiger partial charge in [0.1, 0.15) is 0 Å². The molecule has 4 aliphatic heterocycles. The second kappa shape index (κ2) is 33.4. The van der Waals surface area contributed by atoms with Gasteiger partial charge in [-0.1, -0.05) is 82.9 Å². The summed E-state index contributed by atoms with van der Waals surface area (Å²) >= 11 is 0. The van der Waals surface area contributed by atoms with Gasteiger partial charge in [0.15, 0.2) is 22.7 Å². The van der Waals surface area contributed by atoms with Crippen molar-refractivity contribution >= 4 is 150 Å². The Kier molecular flexibility index (Phi) is 24.1. The number of aryl methyl sites for hydroxylation is 8. The molecule has 0 fully saturated rings. The Morgan fingerprint density at radius 2 is 0.842 bits per heavy atom. The van der Waals surface area contributed by atoms with E-state index in [0.717, 1.165) is 84.4 Å². The van der Waals surface area contributed by atoms with E-state index in [2.05, 4.69) is 51.3 Å². The van der Waals surface area contributed by atoms with Gasteiger partial charge < -0.3 is 15.0 Å². The third kappa shape index (κ3) is 16.8. The predicted molar refractivity (Wildman–Crippen MR) is 440 cm³/mol. The fourth-order valence-electron chi connectivity index (χ4n) is 14.7. The average molecular weight is 1630 g/mol. The molecule has 0 bridgehead atoms. The summed E-state index contributed by atoms with van der Waals surface area (Å²) < 4.78 is 113. The Morgan fingerprint density at radius 1 is 0.465 bits per heavy atom. The first kappa shape index (κ1) is 82.4. The third-order valence-electron chi connectivity index (χ3n) is 19.7. The molecule has 8 heterocycles. The molecule has 3 N–H and O–H groups in total. The third-order valence-corrected chi connectivity index (χ3v) is 26.7. The van der Waals surface area contributed by atoms with Crippen molar-refractivity contribution in [3.8, 4) is 0 Å². The minimum atomic E-state index is -3.88. The van der Waals surface area contributed by atoms with E-state index in [1.54, 1.807) is 130 Å². The molecule has 16 rings (SSSR count). The first-order chi connectivity index (χ1) is 54.0. The van der Waals surface area contributed by atoms with E-state index < -0.39 is 51.1 Å². The van der Waals surface area contributed by atoms with E-state index >= 15 is 0 Å². The molecule has 30 heteroatoms. The number of nitrogens with zero attached hydrogens (tertiary/aromatic N) is 10. The summed E-state index contributed by atoms with van der Waals surface area (Å²) in [5, 5.41) is 18.0. The number of nitrogens with one attached hydrogen (secondary N) is 2. The second-order valence-corrected chi connectivity index (χ2v) is 35.4. The molecular formula is C84H76ClN12O13S4+. The molecule has 0 saturated heterocycles. The fraction of sp³-hybridized carbons (Fsp3) is 0.214. The summed E-state index contributed by atoms with van der Waals surface area (Å²) in [5.74, 6) is -1.12. The van der Waals surface area contributed by atoms with Crippen LogP contribution < -0.4 is 28.5 Å². The summed E-state index contributed by atoms with van der Waals surface area (Å²) in [6.07, 6.45) is 14.1. The number of hydrogen-bond acceptors (Lipinski definition) is 16. The first-order valence-corrected chi connectivity index (χ1v) is 42.1. The minimum Gasteiger partial charge on any atom is -0.394 e. The van der Waals surface area contributed by atoms with Crippen molar-refractivity contribution in [1.82, 2.24) is 15.0 Å². The maximum atomic E-state index is 13.5. The van der Waals surface area contributed by atoms with Gasteiger partial charge in [0.25, 0.3) is 44.7 Å². The molecule has 4 aromatic heterocycles. The van der Waals surface area contributed by atoms with Gasteiger partial charge in [-0.15, -0.1) is 0 Å². The van der Waals surface area contributed by atoms with Crippen molar-refractivity contribution in [2.24, 2.45) is 0 Å². The number of halogens is 1. The van der Waals surface area contributed by atoms with Crippen molar-refractivity contribution in [3.05, 3.63) is 287 Å². The van der Waals surface area contributed by atoms with Crippen molar-refractivity contribution in [3.63, 3.8) is 0 Å². The molecule has 0 amide bonds. The molecule has 12 aromatic rings. The van der Waals surface area contributed by atoms with E-state index in [0.29, 0.717) is 116 Å². The molecule has 0 spiro atoms. The molecule has 0 unspecified atom stereocenters. The number of carbonyl (C=O) groups excluding carboxylic acids is 2. The number of anilines is 4. The number of aromatic amines is 1. The van der Waals surface area contributed by atoms with E-state index in [9.17, 15) is 53.3 Å². The molecule has 0 radical (unpaired) electrons. The zero-order valence-corrected chi connectivity index (χ0v) is 67.6. The van der Waals surface area contributed by atoms with Crippen LogP contribution in [-0.2, 0) is 79.1 Å². The first-order valence-electron chi connectivity index (χ1n) is 35.5. The summed E-state index contributed by atoms with van der Waals surface area (Å²) in [7, 11) is -9.78. The molecule has 4 aliphatic rings. The number of benzene rings is 8. The summed E-state index contributed by atoms with van der Waals surface area (Å²) in [4.78, 5) is 57.1. The van der Waals surface area contributed by atoms with E-state index in [4.69, 9.17) is 37.0 Å². The molecule has 114 heavy (non-hydrogen) atoms. The van der Waals surface area contributed by atoms with Crippen LogP contribution in [0.25, 0.3) is 62.5 Å². The molecular weight excluding hydrogens is 1550 g/mol. The molecule has 25 nitrogen and oxygen atoms in total. The molecule has 0 atom stereocenters. The van der Waals surface area contributed by atoms with Crippen molar-refractivity contribution in [2.75, 3.05) is 44.4 Å². The minimum absolute atomic E-state index is 0.113. The standard InChI is InChI=1S/C20H18N3O3S.C20H17N3O3S.C20H17N3O2S.C10H8ClNO2S.C10H10N2.C4H6O3/c1-13-9-16(21-3)10-18-17(13)7-8-23(18)27(25,26)19-6-4-5-15-12-22(24)11-14(2)20(15)19;1-12-9-14(21-3)10-17-15(12)7-8-23(17)27(25,26)18-6-4-5-16-19(18)13(2)11-22-20(16)24;1-13-9-16(21-3)10-18-17(13)7-8-23(18)26(24,25)19-6-4-5-15-12-22-11-14(2)20(15)19;1-7-5-12-6-8-3-2-4-9(10(7)8)15(11,13)14;1-7-5-8(11-2)6-10-9(7)3-4-12-10;1-3(5)7-4(2)6/h4-6,9-12,24H,7-8H2,1-2H3;4-6,9-11H,7-8H2,1-2H3,(H,22,24);4-6,9-12H,7-8H2,1-2H3;2-6H,1H3;5-6,12H,3-4H2,1H3;1-2H3/q+1;;;;;. The highest BCUT2D eigenvalue weighted by Gasteiger charge is 2.37. The van der Waals surface area contributed by atoms with Gasteiger partial charge in [0.05, 0.1) is 51.3 Å². The van der Waals surface area contributed by atoms with Crippen molar-refractivity contribution in [1.29, 1.82) is 0 Å². The Morgan fingerprint density at radius 3 is 1.25 bits per heavy atom. The summed E-state index contributed by atoms with van der Waals surface area (Å²) in [5.41, 5.74) is 16.0. The number of sulfonamides is 3. The van der Waals surface area contributed by atoms with Gasteiger partial charge in [-0.05, 0) is 181 Å². The highest BCUT2D eigenvalue weighted by molar-refractivity contribution is 8.14. The zero-order chi connectivity index (χ0) is 82.6. The van der Waals surface area contributed by atoms with Gasteiger partial charge in [-0.3, -0.25) is 42.5 Å². The number of ether oxygens (including phenoxy) is 1.